The van der Waals surface area contributed by atoms with Crippen molar-refractivity contribution in [3.8, 4) is 0 Å². The van der Waals surface area contributed by atoms with Crippen molar-refractivity contribution in [2.45, 2.75) is 37.3 Å². The van der Waals surface area contributed by atoms with Gasteiger partial charge in [-0.15, -0.1) is 0 Å². The molecule has 2 aromatic rings. The van der Waals surface area contributed by atoms with Crippen molar-refractivity contribution in [1.82, 2.24) is 15.3 Å². The lowest BCUT2D eigenvalue weighted by molar-refractivity contribution is -0.273. The van der Waals surface area contributed by atoms with Gasteiger partial charge in [0.1, 0.15) is 36.7 Å². The van der Waals surface area contributed by atoms with Gasteiger partial charge in [-0.1, -0.05) is 30.3 Å². The van der Waals surface area contributed by atoms with Gasteiger partial charge in [-0.3, -0.25) is 4.79 Å². The molecule has 1 aromatic carbocycles. The number of aliphatic hydroxyl groups is 1. The molecule has 1 saturated heterocycles. The molecule has 1 aromatic heterocycles. The number of carboxylic acids is 1. The lowest BCUT2D eigenvalue weighted by Gasteiger charge is -2.44. The van der Waals surface area contributed by atoms with E-state index in [1.54, 1.807) is 0 Å². The van der Waals surface area contributed by atoms with Crippen molar-refractivity contribution >= 4 is 11.9 Å². The van der Waals surface area contributed by atoms with E-state index >= 15 is 0 Å². The number of amides is 1. The minimum atomic E-state index is -1.23. The Morgan fingerprint density at radius 2 is 2.06 bits per heavy atom. The van der Waals surface area contributed by atoms with Crippen LogP contribution in [-0.2, 0) is 30.3 Å². The average molecular weight is 435 g/mol. The third kappa shape index (κ3) is 6.09. The number of aromatic amines is 1. The fraction of sp³-hybridized carbons (Fsp3) is 0.450. The molecule has 1 aliphatic rings. The molecule has 4 N–H and O–H groups in total. The number of aliphatic carboxylic acids is 1. The zero-order valence-electron chi connectivity index (χ0n) is 16.8. The second-order valence-electron chi connectivity index (χ2n) is 6.90. The summed E-state index contributed by atoms with van der Waals surface area (Å²) in [6.07, 6.45) is -1.33. The van der Waals surface area contributed by atoms with Gasteiger partial charge in [-0.25, -0.2) is 9.78 Å². The van der Waals surface area contributed by atoms with Gasteiger partial charge >= 0.3 is 5.97 Å². The van der Waals surface area contributed by atoms with E-state index in [0.29, 0.717) is 0 Å². The topological polar surface area (TPSA) is 152 Å². The molecular weight excluding hydrogens is 410 g/mol. The van der Waals surface area contributed by atoms with Crippen LogP contribution in [0, 0.1) is 0 Å². The normalized spacial score (nSPS) is 25.8. The summed E-state index contributed by atoms with van der Waals surface area (Å²) < 4.78 is 22.2. The number of carbonyl (C=O) groups is 2. The summed E-state index contributed by atoms with van der Waals surface area (Å²) in [5.41, 5.74) is 1.09. The Kier molecular flexibility index (Phi) is 8.09. The molecule has 5 atom stereocenters. The highest BCUT2D eigenvalue weighted by atomic mass is 16.7. The molecule has 31 heavy (non-hydrogen) atoms. The van der Waals surface area contributed by atoms with Crippen molar-refractivity contribution < 1.29 is 38.7 Å². The Bertz CT molecular complexity index is 832. The van der Waals surface area contributed by atoms with Crippen molar-refractivity contribution in [3.05, 3.63) is 54.1 Å². The van der Waals surface area contributed by atoms with Gasteiger partial charge in [0, 0.05) is 7.11 Å². The van der Waals surface area contributed by atoms with Crippen LogP contribution >= 0.6 is 0 Å². The van der Waals surface area contributed by atoms with Gasteiger partial charge < -0.3 is 39.5 Å². The SMILES string of the molecule is CO[C@@H]1O[C@H](COCC(=O)O)[C@@H](O)[C@H](OCc2ccccc2)C1NC(=O)c1cnc[nH]1. The smallest absolute Gasteiger partial charge is 0.329 e. The number of nitrogens with zero attached hydrogens (tertiary/aromatic N) is 1. The number of benzene rings is 1. The molecule has 0 radical (unpaired) electrons. The van der Waals surface area contributed by atoms with Crippen molar-refractivity contribution in [2.75, 3.05) is 20.3 Å². The number of imidazole rings is 1. The summed E-state index contributed by atoms with van der Waals surface area (Å²) in [7, 11) is 1.39. The highest BCUT2D eigenvalue weighted by Crippen LogP contribution is 2.26. The minimum Gasteiger partial charge on any atom is -0.480 e. The van der Waals surface area contributed by atoms with Crippen LogP contribution < -0.4 is 5.32 Å². The molecule has 0 bridgehead atoms. The maximum Gasteiger partial charge on any atom is 0.329 e. The van der Waals surface area contributed by atoms with Crippen molar-refractivity contribution in [1.29, 1.82) is 0 Å². The summed E-state index contributed by atoms with van der Waals surface area (Å²) in [5, 5.41) is 22.4. The molecule has 2 heterocycles. The maximum absolute atomic E-state index is 12.6. The molecule has 0 aliphatic carbocycles. The fourth-order valence-corrected chi connectivity index (χ4v) is 3.25. The first kappa shape index (κ1) is 22.8. The number of hydrogen-bond donors (Lipinski definition) is 4. The number of hydrogen-bond acceptors (Lipinski definition) is 8. The first-order valence-electron chi connectivity index (χ1n) is 9.60. The molecule has 168 valence electrons. The van der Waals surface area contributed by atoms with Crippen molar-refractivity contribution in [2.24, 2.45) is 0 Å². The number of rotatable bonds is 10. The highest BCUT2D eigenvalue weighted by molar-refractivity contribution is 5.92. The fourth-order valence-electron chi connectivity index (χ4n) is 3.25. The molecule has 1 aliphatic heterocycles. The number of nitrogens with one attached hydrogen (secondary N) is 2. The zero-order chi connectivity index (χ0) is 22.2. The Balaban J connectivity index is 1.77. The lowest BCUT2D eigenvalue weighted by Crippen LogP contribution is -2.65. The van der Waals surface area contributed by atoms with Gasteiger partial charge in [0.15, 0.2) is 6.29 Å². The third-order valence-electron chi connectivity index (χ3n) is 4.74. The molecule has 1 unspecified atom stereocenters. The van der Waals surface area contributed by atoms with E-state index in [-0.39, 0.29) is 18.9 Å². The Morgan fingerprint density at radius 3 is 2.71 bits per heavy atom. The summed E-state index contributed by atoms with van der Waals surface area (Å²) in [5.74, 6) is -1.62. The number of carboxylic acid groups (broad SMARTS) is 1. The molecule has 0 spiro atoms. The van der Waals surface area contributed by atoms with E-state index in [1.807, 2.05) is 30.3 Å². The number of H-pyrrole nitrogens is 1. The molecule has 11 nitrogen and oxygen atoms in total. The van der Waals surface area contributed by atoms with Gasteiger partial charge in [-0.2, -0.15) is 0 Å². The van der Waals surface area contributed by atoms with Crippen LogP contribution in [0.25, 0.3) is 0 Å². The third-order valence-corrected chi connectivity index (χ3v) is 4.74. The number of carbonyl (C=O) groups excluding carboxylic acids is 1. The molecular formula is C20H25N3O8. The molecule has 1 amide bonds. The largest absolute Gasteiger partial charge is 0.480 e. The van der Waals surface area contributed by atoms with Crippen LogP contribution in [-0.4, -0.2) is 83.0 Å². The van der Waals surface area contributed by atoms with Crippen LogP contribution in [0.5, 0.6) is 0 Å². The second kappa shape index (κ2) is 11.0. The number of aromatic nitrogens is 2. The van der Waals surface area contributed by atoms with Crippen LogP contribution in [0.2, 0.25) is 0 Å². The van der Waals surface area contributed by atoms with E-state index < -0.39 is 49.1 Å². The van der Waals surface area contributed by atoms with Crippen molar-refractivity contribution in [3.63, 3.8) is 0 Å². The summed E-state index contributed by atoms with van der Waals surface area (Å²) in [6.45, 7) is -0.572. The molecule has 3 rings (SSSR count). The van der Waals surface area contributed by atoms with Crippen LogP contribution in [0.1, 0.15) is 16.1 Å². The molecule has 0 saturated carbocycles. The number of aliphatic hydroxyl groups excluding tert-OH is 1. The predicted octanol–water partition coefficient (Wildman–Crippen LogP) is -0.0731. The maximum atomic E-state index is 12.6. The minimum absolute atomic E-state index is 0.165. The summed E-state index contributed by atoms with van der Waals surface area (Å²) >= 11 is 0. The van der Waals surface area contributed by atoms with E-state index in [4.69, 9.17) is 24.1 Å². The number of methoxy groups -OCH3 is 1. The van der Waals surface area contributed by atoms with Crippen LogP contribution in [0.3, 0.4) is 0 Å². The van der Waals surface area contributed by atoms with E-state index in [0.717, 1.165) is 5.56 Å². The highest BCUT2D eigenvalue weighted by Gasteiger charge is 2.47. The van der Waals surface area contributed by atoms with Gasteiger partial charge in [0.05, 0.1) is 25.7 Å². The van der Waals surface area contributed by atoms with E-state index in [2.05, 4.69) is 15.3 Å². The van der Waals surface area contributed by atoms with Gasteiger partial charge in [0.25, 0.3) is 5.91 Å². The van der Waals surface area contributed by atoms with E-state index in [1.165, 1.54) is 19.6 Å². The second-order valence-corrected chi connectivity index (χ2v) is 6.90. The Morgan fingerprint density at radius 1 is 1.29 bits per heavy atom. The molecule has 1 fully saturated rings. The van der Waals surface area contributed by atoms with Crippen LogP contribution in [0.15, 0.2) is 42.9 Å². The first-order valence-corrected chi connectivity index (χ1v) is 9.60. The standard InChI is InChI=1S/C20H25N3O8/c1-28-20-16(23-19(27)13-7-21-11-22-13)18(30-8-12-5-3-2-4-6-12)17(26)14(31-20)9-29-10-15(24)25/h2-7,11,14,16-18,20,26H,8-10H2,1H3,(H,21,22)(H,23,27)(H,24,25)/t14-,16?,17-,18-,20-/m1/s1. The number of ether oxygens (including phenoxy) is 4. The molecule has 11 heteroatoms. The van der Waals surface area contributed by atoms with Gasteiger partial charge in [-0.05, 0) is 5.56 Å². The zero-order valence-corrected chi connectivity index (χ0v) is 16.8. The summed E-state index contributed by atoms with van der Waals surface area (Å²) in [4.78, 5) is 29.8. The van der Waals surface area contributed by atoms with Crippen LogP contribution in [0.4, 0.5) is 0 Å². The quantitative estimate of drug-likeness (QED) is 0.402. The average Bonchev–Trinajstić information content (AvgIpc) is 3.30. The first-order chi connectivity index (χ1) is 15.0. The lowest BCUT2D eigenvalue weighted by atomic mass is 9.96. The van der Waals surface area contributed by atoms with E-state index in [9.17, 15) is 14.7 Å². The summed E-state index contributed by atoms with van der Waals surface area (Å²) in [6, 6.07) is 8.46. The predicted molar refractivity (Wildman–Crippen MR) is 105 cm³/mol. The Labute approximate surface area is 178 Å². The monoisotopic (exact) mass is 435 g/mol. The Hall–Kier alpha value is -2.83. The van der Waals surface area contributed by atoms with Gasteiger partial charge in [0.2, 0.25) is 0 Å².